The third-order valence-corrected chi connectivity index (χ3v) is 5.52. The maximum absolute atomic E-state index is 13.0. The number of hydrogen-bond acceptors (Lipinski definition) is 3. The van der Waals surface area contributed by atoms with E-state index in [4.69, 9.17) is 4.74 Å². The lowest BCUT2D eigenvalue weighted by Gasteiger charge is -2.27. The van der Waals surface area contributed by atoms with Crippen LogP contribution in [-0.4, -0.2) is 35.9 Å². The van der Waals surface area contributed by atoms with Crippen molar-refractivity contribution in [2.45, 2.75) is 59.0 Å². The van der Waals surface area contributed by atoms with Crippen LogP contribution in [0.2, 0.25) is 0 Å². The minimum Gasteiger partial charge on any atom is -0.481 e. The second-order valence-corrected chi connectivity index (χ2v) is 8.34. The van der Waals surface area contributed by atoms with Gasteiger partial charge in [0.2, 0.25) is 0 Å². The molecule has 1 N–H and O–H groups in total. The Morgan fingerprint density at radius 2 is 1.70 bits per heavy atom. The number of ether oxygens (including phenoxy) is 1. The molecule has 0 radical (unpaired) electrons. The van der Waals surface area contributed by atoms with Gasteiger partial charge in [-0.15, -0.1) is 0 Å². The Balaban J connectivity index is 1.73. The minimum absolute atomic E-state index is 0.0278. The van der Waals surface area contributed by atoms with E-state index >= 15 is 0 Å². The predicted octanol–water partition coefficient (Wildman–Crippen LogP) is 5.15. The highest BCUT2D eigenvalue weighted by Crippen LogP contribution is 2.28. The van der Waals surface area contributed by atoms with Gasteiger partial charge in [-0.25, -0.2) is 0 Å². The van der Waals surface area contributed by atoms with Crippen molar-refractivity contribution in [1.29, 1.82) is 0 Å². The van der Waals surface area contributed by atoms with Crippen molar-refractivity contribution in [3.8, 4) is 5.75 Å². The van der Waals surface area contributed by atoms with Gasteiger partial charge >= 0.3 is 0 Å². The normalized spacial score (nSPS) is 15.0. The fourth-order valence-corrected chi connectivity index (χ4v) is 3.74. The number of nitrogens with zero attached hydrogens (tertiary/aromatic N) is 1. The highest BCUT2D eigenvalue weighted by molar-refractivity contribution is 6.04. The first kappa shape index (κ1) is 21.9. The smallest absolute Gasteiger partial charge is 0.265 e. The Labute approximate surface area is 179 Å². The Kier molecular flexibility index (Phi) is 7.14. The van der Waals surface area contributed by atoms with Gasteiger partial charge in [0.05, 0.1) is 11.3 Å². The van der Waals surface area contributed by atoms with Crippen molar-refractivity contribution in [3.63, 3.8) is 0 Å². The maximum Gasteiger partial charge on any atom is 0.265 e. The molecule has 1 fully saturated rings. The molecular formula is C25H32N2O3. The van der Waals surface area contributed by atoms with Crippen LogP contribution in [0.15, 0.2) is 42.5 Å². The summed E-state index contributed by atoms with van der Waals surface area (Å²) in [5.74, 6) is 0.717. The molecule has 1 atom stereocenters. The van der Waals surface area contributed by atoms with Crippen molar-refractivity contribution >= 4 is 17.5 Å². The molecular weight excluding hydrogens is 376 g/mol. The fraction of sp³-hybridized carbons (Fsp3) is 0.440. The summed E-state index contributed by atoms with van der Waals surface area (Å²) in [5.41, 5.74) is 3.21. The highest BCUT2D eigenvalue weighted by Gasteiger charge is 2.23. The van der Waals surface area contributed by atoms with E-state index < -0.39 is 6.10 Å². The van der Waals surface area contributed by atoms with Gasteiger partial charge in [-0.2, -0.15) is 0 Å². The molecule has 1 aliphatic heterocycles. The van der Waals surface area contributed by atoms with Crippen molar-refractivity contribution in [2.75, 3.05) is 18.4 Å². The summed E-state index contributed by atoms with van der Waals surface area (Å²) in [5, 5.41) is 2.90. The molecule has 0 aliphatic carbocycles. The summed E-state index contributed by atoms with van der Waals surface area (Å²) in [6, 6.07) is 13.3. The average Bonchev–Trinajstić information content (AvgIpc) is 2.74. The molecule has 0 saturated carbocycles. The van der Waals surface area contributed by atoms with Crippen LogP contribution in [-0.2, 0) is 4.79 Å². The van der Waals surface area contributed by atoms with Crippen molar-refractivity contribution < 1.29 is 14.3 Å². The number of nitrogens with one attached hydrogen (secondary N) is 1. The Morgan fingerprint density at radius 3 is 2.40 bits per heavy atom. The highest BCUT2D eigenvalue weighted by atomic mass is 16.5. The van der Waals surface area contributed by atoms with Crippen LogP contribution >= 0.6 is 0 Å². The van der Waals surface area contributed by atoms with E-state index in [0.717, 1.165) is 49.2 Å². The van der Waals surface area contributed by atoms with E-state index in [9.17, 15) is 9.59 Å². The lowest BCUT2D eigenvalue weighted by Crippen LogP contribution is -2.36. The van der Waals surface area contributed by atoms with Crippen molar-refractivity contribution in [2.24, 2.45) is 0 Å². The van der Waals surface area contributed by atoms with Gasteiger partial charge in [0.25, 0.3) is 11.8 Å². The third-order valence-electron chi connectivity index (χ3n) is 5.52. The topological polar surface area (TPSA) is 58.6 Å². The number of carbonyl (C=O) groups excluding carboxylic acids is 2. The first-order chi connectivity index (χ1) is 14.4. The molecule has 0 bridgehead atoms. The molecule has 5 nitrogen and oxygen atoms in total. The molecule has 3 rings (SSSR count). The van der Waals surface area contributed by atoms with Crippen LogP contribution in [0, 0.1) is 6.92 Å². The number of benzene rings is 2. The van der Waals surface area contributed by atoms with Gasteiger partial charge in [0, 0.05) is 13.1 Å². The molecule has 0 spiro atoms. The third kappa shape index (κ3) is 5.21. The molecule has 2 aromatic rings. The molecule has 160 valence electrons. The van der Waals surface area contributed by atoms with Crippen molar-refractivity contribution in [3.05, 3.63) is 59.2 Å². The summed E-state index contributed by atoms with van der Waals surface area (Å²) < 4.78 is 6.03. The van der Waals surface area contributed by atoms with Crippen LogP contribution < -0.4 is 10.1 Å². The van der Waals surface area contributed by atoms with Gasteiger partial charge in [-0.05, 0) is 68.4 Å². The number of amides is 2. The molecule has 2 aromatic carbocycles. The van der Waals surface area contributed by atoms with Crippen LogP contribution in [0.4, 0.5) is 5.69 Å². The monoisotopic (exact) mass is 408 g/mol. The van der Waals surface area contributed by atoms with Crippen LogP contribution in [0.1, 0.15) is 67.4 Å². The van der Waals surface area contributed by atoms with E-state index in [0.29, 0.717) is 17.2 Å². The zero-order valence-electron chi connectivity index (χ0n) is 18.4. The minimum atomic E-state index is -0.692. The lowest BCUT2D eigenvalue weighted by atomic mass is 10.0. The maximum atomic E-state index is 13.0. The van der Waals surface area contributed by atoms with E-state index in [1.165, 1.54) is 0 Å². The van der Waals surface area contributed by atoms with Crippen LogP contribution in [0.25, 0.3) is 0 Å². The number of anilines is 1. The van der Waals surface area contributed by atoms with Gasteiger partial charge in [0.15, 0.2) is 6.10 Å². The number of likely N-dealkylation sites (tertiary alicyclic amines) is 1. The standard InChI is InChI=1S/C25H32N2O3/c1-17(2)20-13-12-18(3)16-23(20)30-19(4)24(28)26-22-11-7-6-10-21(22)25(29)27-14-8-5-9-15-27/h6-7,10-13,16-17,19H,5,8-9,14-15H2,1-4H3,(H,26,28). The van der Waals surface area contributed by atoms with E-state index in [2.05, 4.69) is 25.2 Å². The first-order valence-electron chi connectivity index (χ1n) is 10.8. The SMILES string of the molecule is Cc1ccc(C(C)C)c(OC(C)C(=O)Nc2ccccc2C(=O)N2CCCCC2)c1. The number of hydrogen-bond donors (Lipinski definition) is 1. The molecule has 1 aliphatic rings. The molecule has 30 heavy (non-hydrogen) atoms. The molecule has 0 aromatic heterocycles. The van der Waals surface area contributed by atoms with Gasteiger partial charge in [0.1, 0.15) is 5.75 Å². The Bertz CT molecular complexity index is 901. The van der Waals surface area contributed by atoms with Gasteiger partial charge in [-0.3, -0.25) is 9.59 Å². The first-order valence-corrected chi connectivity index (χ1v) is 10.8. The number of carbonyl (C=O) groups is 2. The second-order valence-electron chi connectivity index (χ2n) is 8.34. The van der Waals surface area contributed by atoms with Gasteiger partial charge < -0.3 is 15.0 Å². The summed E-state index contributed by atoms with van der Waals surface area (Å²) in [7, 11) is 0. The van der Waals surface area contributed by atoms with Crippen LogP contribution in [0.5, 0.6) is 5.75 Å². The zero-order chi connectivity index (χ0) is 21.7. The summed E-state index contributed by atoms with van der Waals surface area (Å²) in [4.78, 5) is 27.7. The molecule has 5 heteroatoms. The summed E-state index contributed by atoms with van der Waals surface area (Å²) in [6.07, 6.45) is 2.52. The summed E-state index contributed by atoms with van der Waals surface area (Å²) >= 11 is 0. The average molecular weight is 409 g/mol. The van der Waals surface area contributed by atoms with E-state index in [-0.39, 0.29) is 11.8 Å². The second kappa shape index (κ2) is 9.79. The van der Waals surface area contributed by atoms with Crippen LogP contribution in [0.3, 0.4) is 0 Å². The summed E-state index contributed by atoms with van der Waals surface area (Å²) in [6.45, 7) is 9.48. The molecule has 1 heterocycles. The quantitative estimate of drug-likeness (QED) is 0.719. The van der Waals surface area contributed by atoms with E-state index in [1.807, 2.05) is 36.1 Å². The predicted molar refractivity (Wildman–Crippen MR) is 120 cm³/mol. The van der Waals surface area contributed by atoms with E-state index in [1.54, 1.807) is 19.1 Å². The Hall–Kier alpha value is -2.82. The molecule has 1 unspecified atom stereocenters. The number of rotatable bonds is 6. The molecule has 1 saturated heterocycles. The largest absolute Gasteiger partial charge is 0.481 e. The lowest BCUT2D eigenvalue weighted by molar-refractivity contribution is -0.122. The number of piperidine rings is 1. The number of para-hydroxylation sites is 1. The Morgan fingerprint density at radius 1 is 1.00 bits per heavy atom. The zero-order valence-corrected chi connectivity index (χ0v) is 18.4. The van der Waals surface area contributed by atoms with Gasteiger partial charge in [-0.1, -0.05) is 38.1 Å². The van der Waals surface area contributed by atoms with Crippen molar-refractivity contribution in [1.82, 2.24) is 4.90 Å². The number of aryl methyl sites for hydroxylation is 1. The fourth-order valence-electron chi connectivity index (χ4n) is 3.74. The molecule has 2 amide bonds.